The monoisotopic (exact) mass is 242 g/mol. The lowest BCUT2D eigenvalue weighted by atomic mass is 9.89. The first-order chi connectivity index (χ1) is 7.20. The smallest absolute Gasteiger partial charge is 0.194 e. The van der Waals surface area contributed by atoms with Crippen LogP contribution in [0.15, 0.2) is 0 Å². The van der Waals surface area contributed by atoms with Gasteiger partial charge in [-0.2, -0.15) is 0 Å². The highest BCUT2D eigenvalue weighted by atomic mass is 28.4. The van der Waals surface area contributed by atoms with E-state index in [0.717, 1.165) is 18.1 Å². The van der Waals surface area contributed by atoms with E-state index in [0.29, 0.717) is 0 Å². The summed E-state index contributed by atoms with van der Waals surface area (Å²) < 4.78 is 6.24. The van der Waals surface area contributed by atoms with E-state index >= 15 is 0 Å². The van der Waals surface area contributed by atoms with Crippen molar-refractivity contribution in [3.63, 3.8) is 0 Å². The molecule has 3 heteroatoms. The van der Waals surface area contributed by atoms with E-state index in [1.54, 1.807) is 13.8 Å². The predicted octanol–water partition coefficient (Wildman–Crippen LogP) is 3.17. The standard InChI is InChI=1S/C13H26O2Si/c1-8-13(7,12(5,6)14)15-16(9-2,10-3)11-4/h1,14H,9-11H2,2-7H3. The Kier molecular flexibility index (Phi) is 5.25. The van der Waals surface area contributed by atoms with Crippen molar-refractivity contribution in [2.45, 2.75) is 70.9 Å². The molecule has 0 saturated heterocycles. The van der Waals surface area contributed by atoms with E-state index in [2.05, 4.69) is 26.7 Å². The molecule has 0 heterocycles. The highest BCUT2D eigenvalue weighted by Gasteiger charge is 2.45. The second-order valence-electron chi connectivity index (χ2n) is 5.08. The van der Waals surface area contributed by atoms with Crippen LogP contribution in [0, 0.1) is 12.3 Å². The van der Waals surface area contributed by atoms with Crippen LogP contribution in [0.2, 0.25) is 18.1 Å². The van der Waals surface area contributed by atoms with Crippen LogP contribution in [-0.4, -0.2) is 24.6 Å². The maximum Gasteiger partial charge on any atom is 0.194 e. The summed E-state index contributed by atoms with van der Waals surface area (Å²) in [6.07, 6.45) is 5.55. The largest absolute Gasteiger partial charge is 0.399 e. The van der Waals surface area contributed by atoms with Gasteiger partial charge < -0.3 is 9.53 Å². The van der Waals surface area contributed by atoms with Crippen molar-refractivity contribution in [2.24, 2.45) is 0 Å². The normalized spacial score (nSPS) is 16.6. The highest BCUT2D eigenvalue weighted by molar-refractivity contribution is 6.73. The van der Waals surface area contributed by atoms with Crippen molar-refractivity contribution in [1.29, 1.82) is 0 Å². The zero-order valence-electron chi connectivity index (χ0n) is 11.6. The molecule has 0 rings (SSSR count). The van der Waals surface area contributed by atoms with Gasteiger partial charge in [0, 0.05) is 0 Å². The van der Waals surface area contributed by atoms with Gasteiger partial charge >= 0.3 is 0 Å². The van der Waals surface area contributed by atoms with Crippen LogP contribution in [0.25, 0.3) is 0 Å². The zero-order valence-corrected chi connectivity index (χ0v) is 12.6. The fourth-order valence-electron chi connectivity index (χ4n) is 1.73. The van der Waals surface area contributed by atoms with Crippen LogP contribution in [0.3, 0.4) is 0 Å². The van der Waals surface area contributed by atoms with E-state index in [1.165, 1.54) is 0 Å². The maximum absolute atomic E-state index is 10.1. The molecule has 2 nitrogen and oxygen atoms in total. The van der Waals surface area contributed by atoms with Gasteiger partial charge in [-0.15, -0.1) is 6.42 Å². The molecule has 0 aromatic rings. The maximum atomic E-state index is 10.1. The van der Waals surface area contributed by atoms with E-state index in [1.807, 2.05) is 6.92 Å². The number of terminal acetylenes is 1. The minimum atomic E-state index is -1.79. The third-order valence-corrected chi connectivity index (χ3v) is 8.50. The average molecular weight is 242 g/mol. The topological polar surface area (TPSA) is 29.5 Å². The molecule has 1 atom stereocenters. The van der Waals surface area contributed by atoms with Crippen molar-refractivity contribution >= 4 is 8.32 Å². The molecule has 94 valence electrons. The molecule has 0 bridgehead atoms. The van der Waals surface area contributed by atoms with E-state index < -0.39 is 19.5 Å². The van der Waals surface area contributed by atoms with Gasteiger partial charge in [0.25, 0.3) is 0 Å². The van der Waals surface area contributed by atoms with Crippen LogP contribution >= 0.6 is 0 Å². The summed E-state index contributed by atoms with van der Waals surface area (Å²) >= 11 is 0. The summed E-state index contributed by atoms with van der Waals surface area (Å²) in [5, 5.41) is 10.1. The van der Waals surface area contributed by atoms with Crippen LogP contribution in [0.4, 0.5) is 0 Å². The van der Waals surface area contributed by atoms with Crippen LogP contribution < -0.4 is 0 Å². The predicted molar refractivity (Wildman–Crippen MR) is 71.8 cm³/mol. The molecule has 0 radical (unpaired) electrons. The fourth-order valence-corrected chi connectivity index (χ4v) is 4.84. The molecular weight excluding hydrogens is 216 g/mol. The number of hydrogen-bond donors (Lipinski definition) is 1. The van der Waals surface area contributed by atoms with Crippen molar-refractivity contribution in [1.82, 2.24) is 0 Å². The van der Waals surface area contributed by atoms with Crippen molar-refractivity contribution < 1.29 is 9.53 Å². The van der Waals surface area contributed by atoms with Gasteiger partial charge in [-0.25, -0.2) is 0 Å². The second-order valence-corrected chi connectivity index (χ2v) is 9.77. The first-order valence-corrected chi connectivity index (χ1v) is 8.63. The molecule has 0 aliphatic heterocycles. The van der Waals surface area contributed by atoms with Crippen LogP contribution in [0.1, 0.15) is 41.5 Å². The fraction of sp³-hybridized carbons (Fsp3) is 0.846. The SMILES string of the molecule is C#CC(C)(O[Si](CC)(CC)CC)C(C)(C)O. The van der Waals surface area contributed by atoms with Gasteiger partial charge in [0.1, 0.15) is 5.60 Å². The molecule has 16 heavy (non-hydrogen) atoms. The highest BCUT2D eigenvalue weighted by Crippen LogP contribution is 2.33. The average Bonchev–Trinajstić information content (AvgIpc) is 2.24. The van der Waals surface area contributed by atoms with E-state index in [-0.39, 0.29) is 0 Å². The van der Waals surface area contributed by atoms with Gasteiger partial charge in [-0.3, -0.25) is 0 Å². The van der Waals surface area contributed by atoms with Gasteiger partial charge in [-0.05, 0) is 38.9 Å². The summed E-state index contributed by atoms with van der Waals surface area (Å²) in [5.41, 5.74) is -1.90. The number of rotatable bonds is 6. The van der Waals surface area contributed by atoms with Gasteiger partial charge in [-0.1, -0.05) is 26.7 Å². The van der Waals surface area contributed by atoms with Gasteiger partial charge in [0.05, 0.1) is 5.60 Å². The lowest BCUT2D eigenvalue weighted by Gasteiger charge is -2.43. The molecule has 1 unspecified atom stereocenters. The Balaban J connectivity index is 5.12. The number of hydrogen-bond acceptors (Lipinski definition) is 2. The molecule has 0 amide bonds. The molecule has 0 saturated carbocycles. The third-order valence-electron chi connectivity index (χ3n) is 3.80. The molecule has 0 spiro atoms. The summed E-state index contributed by atoms with van der Waals surface area (Å²) in [5.74, 6) is 2.64. The molecule has 1 N–H and O–H groups in total. The zero-order chi connectivity index (χ0) is 13.0. The molecule has 0 fully saturated rings. The Morgan fingerprint density at radius 3 is 1.69 bits per heavy atom. The Morgan fingerprint density at radius 2 is 1.50 bits per heavy atom. The van der Waals surface area contributed by atoms with Gasteiger partial charge in [0.2, 0.25) is 0 Å². The Morgan fingerprint density at radius 1 is 1.12 bits per heavy atom. The molecular formula is C13H26O2Si. The van der Waals surface area contributed by atoms with E-state index in [9.17, 15) is 5.11 Å². The molecule has 0 aliphatic carbocycles. The van der Waals surface area contributed by atoms with Crippen molar-refractivity contribution in [3.8, 4) is 12.3 Å². The van der Waals surface area contributed by atoms with Crippen LogP contribution in [-0.2, 0) is 4.43 Å². The summed E-state index contributed by atoms with van der Waals surface area (Å²) in [6, 6.07) is 3.11. The van der Waals surface area contributed by atoms with Crippen molar-refractivity contribution in [2.75, 3.05) is 0 Å². The molecule has 0 aromatic heterocycles. The first kappa shape index (κ1) is 15.7. The summed E-state index contributed by atoms with van der Waals surface area (Å²) in [6.45, 7) is 11.7. The Hall–Kier alpha value is -0.303. The first-order valence-electron chi connectivity index (χ1n) is 6.10. The Bertz CT molecular complexity index is 250. The second kappa shape index (κ2) is 5.35. The minimum absolute atomic E-state index is 0.888. The minimum Gasteiger partial charge on any atom is -0.399 e. The lowest BCUT2D eigenvalue weighted by molar-refractivity contribution is -0.0726. The van der Waals surface area contributed by atoms with Crippen molar-refractivity contribution in [3.05, 3.63) is 0 Å². The van der Waals surface area contributed by atoms with Crippen LogP contribution in [0.5, 0.6) is 0 Å². The summed E-state index contributed by atoms with van der Waals surface area (Å²) in [4.78, 5) is 0. The third kappa shape index (κ3) is 3.10. The lowest BCUT2D eigenvalue weighted by Crippen LogP contribution is -2.55. The number of aliphatic hydroxyl groups is 1. The van der Waals surface area contributed by atoms with Gasteiger partial charge in [0.15, 0.2) is 8.32 Å². The molecule has 0 aromatic carbocycles. The Labute approximate surface area is 102 Å². The summed E-state index contributed by atoms with van der Waals surface area (Å²) in [7, 11) is -1.79. The molecule has 0 aliphatic rings. The quantitative estimate of drug-likeness (QED) is 0.572. The van der Waals surface area contributed by atoms with E-state index in [4.69, 9.17) is 10.8 Å².